The van der Waals surface area contributed by atoms with Crippen LogP contribution in [-0.4, -0.2) is 15.2 Å². The Morgan fingerprint density at radius 1 is 1.33 bits per heavy atom. The predicted octanol–water partition coefficient (Wildman–Crippen LogP) is 0.117. The van der Waals surface area contributed by atoms with Gasteiger partial charge in [0.15, 0.2) is 0 Å². The van der Waals surface area contributed by atoms with Gasteiger partial charge in [0.25, 0.3) is 5.56 Å². The molecule has 0 aromatic carbocycles. The average molecular weight is 203 g/mol. The number of nitrogen functional groups attached to an aromatic ring is 1. The zero-order valence-corrected chi connectivity index (χ0v) is 7.77. The molecule has 2 heterocycles. The Bertz CT molecular complexity index is 507. The van der Waals surface area contributed by atoms with Crippen molar-refractivity contribution in [3.63, 3.8) is 0 Å². The molecule has 0 spiro atoms. The van der Waals surface area contributed by atoms with E-state index in [-0.39, 0.29) is 11.2 Å². The van der Waals surface area contributed by atoms with Crippen molar-refractivity contribution in [2.24, 2.45) is 5.84 Å². The third kappa shape index (κ3) is 1.84. The Balaban J connectivity index is 2.51. The number of nitrogens with two attached hydrogens (primary N) is 1. The molecule has 0 fully saturated rings. The van der Waals surface area contributed by atoms with Gasteiger partial charge < -0.3 is 5.43 Å². The summed E-state index contributed by atoms with van der Waals surface area (Å²) in [6, 6.07) is 5.16. The molecule has 0 radical (unpaired) electrons. The summed E-state index contributed by atoms with van der Waals surface area (Å²) < 4.78 is 0. The van der Waals surface area contributed by atoms with E-state index in [9.17, 15) is 4.79 Å². The largest absolute Gasteiger partial charge is 0.319 e. The number of hydrazine groups is 1. The fourth-order valence-corrected chi connectivity index (χ4v) is 1.18. The van der Waals surface area contributed by atoms with Gasteiger partial charge in [-0.25, -0.2) is 5.10 Å². The van der Waals surface area contributed by atoms with Crippen LogP contribution in [0.5, 0.6) is 0 Å². The Morgan fingerprint density at radius 3 is 2.73 bits per heavy atom. The third-order valence-electron chi connectivity index (χ3n) is 1.94. The lowest BCUT2D eigenvalue weighted by Gasteiger charge is -2.02. The van der Waals surface area contributed by atoms with Crippen molar-refractivity contribution < 1.29 is 0 Å². The maximum Gasteiger partial charge on any atom is 0.288 e. The Kier molecular flexibility index (Phi) is 2.42. The predicted molar refractivity (Wildman–Crippen MR) is 55.9 cm³/mol. The summed E-state index contributed by atoms with van der Waals surface area (Å²) in [4.78, 5) is 15.1. The molecule has 0 atom stereocenters. The summed E-state index contributed by atoms with van der Waals surface area (Å²) >= 11 is 0. The summed E-state index contributed by atoms with van der Waals surface area (Å²) in [5, 5.41) is 6.25. The van der Waals surface area contributed by atoms with E-state index in [0.717, 1.165) is 5.56 Å². The molecule has 0 bridgehead atoms. The van der Waals surface area contributed by atoms with E-state index in [2.05, 4.69) is 20.6 Å². The number of aromatic nitrogens is 3. The van der Waals surface area contributed by atoms with Crippen molar-refractivity contribution in [2.75, 3.05) is 5.43 Å². The molecule has 0 aliphatic rings. The van der Waals surface area contributed by atoms with Crippen LogP contribution in [0, 0.1) is 0 Å². The van der Waals surface area contributed by atoms with Crippen LogP contribution in [0.25, 0.3) is 11.3 Å². The van der Waals surface area contributed by atoms with Gasteiger partial charge in [0, 0.05) is 18.0 Å². The van der Waals surface area contributed by atoms with Crippen molar-refractivity contribution in [2.45, 2.75) is 0 Å². The van der Waals surface area contributed by atoms with Gasteiger partial charge in [-0.1, -0.05) is 0 Å². The zero-order valence-electron chi connectivity index (χ0n) is 7.77. The quantitative estimate of drug-likeness (QED) is 0.475. The lowest BCUT2D eigenvalue weighted by atomic mass is 10.2. The van der Waals surface area contributed by atoms with E-state index < -0.39 is 0 Å². The first-order valence-electron chi connectivity index (χ1n) is 4.28. The number of anilines is 1. The number of pyridine rings is 1. The average Bonchev–Trinajstić information content (AvgIpc) is 2.31. The van der Waals surface area contributed by atoms with E-state index in [1.54, 1.807) is 30.6 Å². The van der Waals surface area contributed by atoms with Crippen molar-refractivity contribution >= 4 is 5.69 Å². The molecule has 2 rings (SSSR count). The van der Waals surface area contributed by atoms with Crippen LogP contribution < -0.4 is 16.8 Å². The maximum absolute atomic E-state index is 11.2. The molecule has 0 saturated carbocycles. The first-order valence-corrected chi connectivity index (χ1v) is 4.28. The second-order valence-electron chi connectivity index (χ2n) is 2.88. The summed E-state index contributed by atoms with van der Waals surface area (Å²) in [7, 11) is 0. The number of rotatable bonds is 2. The Hall–Kier alpha value is -2.21. The molecular weight excluding hydrogens is 194 g/mol. The van der Waals surface area contributed by atoms with E-state index >= 15 is 0 Å². The molecule has 6 heteroatoms. The number of nitrogens with zero attached hydrogens (tertiary/aromatic N) is 2. The minimum atomic E-state index is -0.352. The highest BCUT2D eigenvalue weighted by Gasteiger charge is 2.03. The first-order chi connectivity index (χ1) is 7.31. The molecule has 0 saturated heterocycles. The van der Waals surface area contributed by atoms with Gasteiger partial charge in [-0.15, -0.1) is 0 Å². The fraction of sp³-hybridized carbons (Fsp3) is 0. The lowest BCUT2D eigenvalue weighted by molar-refractivity contribution is 0.992. The smallest absolute Gasteiger partial charge is 0.288 e. The van der Waals surface area contributed by atoms with E-state index in [1.807, 2.05) is 0 Å². The second kappa shape index (κ2) is 3.89. The highest BCUT2D eigenvalue weighted by atomic mass is 16.1. The minimum absolute atomic E-state index is 0.275. The molecule has 15 heavy (non-hydrogen) atoms. The van der Waals surface area contributed by atoms with Gasteiger partial charge in [0.1, 0.15) is 5.69 Å². The first kappa shape index (κ1) is 9.35. The van der Waals surface area contributed by atoms with Crippen molar-refractivity contribution in [1.82, 2.24) is 15.2 Å². The molecule has 4 N–H and O–H groups in total. The van der Waals surface area contributed by atoms with Gasteiger partial charge >= 0.3 is 0 Å². The number of nitrogens with one attached hydrogen (secondary N) is 2. The normalized spacial score (nSPS) is 9.93. The minimum Gasteiger partial charge on any atom is -0.319 e. The number of H-pyrrole nitrogens is 1. The molecule has 0 aliphatic carbocycles. The van der Waals surface area contributed by atoms with Crippen LogP contribution in [0.4, 0.5) is 5.69 Å². The Labute approximate surface area is 85.1 Å². The molecule has 0 unspecified atom stereocenters. The number of hydrogen-bond donors (Lipinski definition) is 3. The molecule has 6 nitrogen and oxygen atoms in total. The van der Waals surface area contributed by atoms with Gasteiger partial charge in [-0.05, 0) is 18.2 Å². The standard InChI is InChI=1S/C9H9N5O/c10-12-8-5-7(13-14-9(8)15)6-1-3-11-4-2-6/h1-5H,10H2,(H,12,13)(H,14,15). The van der Waals surface area contributed by atoms with Crippen LogP contribution in [0.3, 0.4) is 0 Å². The Morgan fingerprint density at radius 2 is 2.07 bits per heavy atom. The SMILES string of the molecule is NNc1cc(-c2ccncc2)n[nH]c1=O. The van der Waals surface area contributed by atoms with Crippen LogP contribution in [0.15, 0.2) is 35.4 Å². The number of hydrogen-bond acceptors (Lipinski definition) is 5. The summed E-state index contributed by atoms with van der Waals surface area (Å²) in [6.07, 6.45) is 3.30. The van der Waals surface area contributed by atoms with Crippen LogP contribution in [0.2, 0.25) is 0 Å². The molecule has 2 aromatic heterocycles. The fourth-order valence-electron chi connectivity index (χ4n) is 1.18. The topological polar surface area (TPSA) is 96.7 Å². The van der Waals surface area contributed by atoms with Crippen molar-refractivity contribution in [3.8, 4) is 11.3 Å². The molecule has 0 amide bonds. The van der Waals surface area contributed by atoms with Crippen LogP contribution in [0.1, 0.15) is 0 Å². The van der Waals surface area contributed by atoms with E-state index in [4.69, 9.17) is 5.84 Å². The molecule has 2 aromatic rings. The van der Waals surface area contributed by atoms with Crippen LogP contribution in [-0.2, 0) is 0 Å². The summed E-state index contributed by atoms with van der Waals surface area (Å²) in [5.41, 5.74) is 3.72. The van der Waals surface area contributed by atoms with E-state index in [1.165, 1.54) is 0 Å². The van der Waals surface area contributed by atoms with Gasteiger partial charge in [0.2, 0.25) is 0 Å². The van der Waals surface area contributed by atoms with Gasteiger partial charge in [-0.2, -0.15) is 5.10 Å². The van der Waals surface area contributed by atoms with Gasteiger partial charge in [-0.3, -0.25) is 15.6 Å². The monoisotopic (exact) mass is 203 g/mol. The third-order valence-corrected chi connectivity index (χ3v) is 1.94. The summed E-state index contributed by atoms with van der Waals surface area (Å²) in [5.74, 6) is 5.19. The summed E-state index contributed by atoms with van der Waals surface area (Å²) in [6.45, 7) is 0. The zero-order chi connectivity index (χ0) is 10.7. The van der Waals surface area contributed by atoms with Crippen molar-refractivity contribution in [3.05, 3.63) is 40.9 Å². The maximum atomic E-state index is 11.2. The molecular formula is C9H9N5O. The molecule has 76 valence electrons. The highest BCUT2D eigenvalue weighted by Crippen LogP contribution is 2.15. The lowest BCUT2D eigenvalue weighted by Crippen LogP contribution is -2.19. The second-order valence-corrected chi connectivity index (χ2v) is 2.88. The van der Waals surface area contributed by atoms with Crippen LogP contribution >= 0.6 is 0 Å². The van der Waals surface area contributed by atoms with E-state index in [0.29, 0.717) is 5.69 Å². The molecule has 0 aliphatic heterocycles. The highest BCUT2D eigenvalue weighted by molar-refractivity contribution is 5.61. The van der Waals surface area contributed by atoms with Gasteiger partial charge in [0.05, 0.1) is 5.69 Å². The van der Waals surface area contributed by atoms with Crippen molar-refractivity contribution in [1.29, 1.82) is 0 Å². The number of aromatic amines is 1.